The summed E-state index contributed by atoms with van der Waals surface area (Å²) in [7, 11) is 1.59. The number of carbonyl (C=O) groups is 1. The Kier molecular flexibility index (Phi) is 4.55. The fraction of sp³-hybridized carbons (Fsp3) is 0.238. The lowest BCUT2D eigenvalue weighted by Crippen LogP contribution is -2.49. The van der Waals surface area contributed by atoms with Crippen LogP contribution < -0.4 is 9.64 Å². The van der Waals surface area contributed by atoms with Gasteiger partial charge in [0.1, 0.15) is 6.33 Å². The number of imidazole rings is 1. The van der Waals surface area contributed by atoms with Crippen LogP contribution in [0.2, 0.25) is 0 Å². The van der Waals surface area contributed by atoms with Crippen LogP contribution in [-0.4, -0.2) is 63.8 Å². The van der Waals surface area contributed by atoms with Crippen LogP contribution in [0.4, 0.5) is 5.82 Å². The minimum atomic E-state index is -0.116. The molecule has 0 saturated carbocycles. The van der Waals surface area contributed by atoms with Gasteiger partial charge in [0.25, 0.3) is 5.91 Å². The van der Waals surface area contributed by atoms with Gasteiger partial charge in [0.05, 0.1) is 7.11 Å². The lowest BCUT2D eigenvalue weighted by Gasteiger charge is -2.34. The first-order valence-corrected chi connectivity index (χ1v) is 9.66. The highest BCUT2D eigenvalue weighted by Gasteiger charge is 2.26. The number of anilines is 1. The number of carbonyl (C=O) groups excluding carboxylic acids is 1. The monoisotopic (exact) mass is 404 g/mol. The van der Waals surface area contributed by atoms with Gasteiger partial charge in [-0.25, -0.2) is 4.98 Å². The van der Waals surface area contributed by atoms with Crippen LogP contribution in [-0.2, 0) is 0 Å². The zero-order chi connectivity index (χ0) is 20.5. The van der Waals surface area contributed by atoms with Gasteiger partial charge in [-0.3, -0.25) is 9.36 Å². The summed E-state index contributed by atoms with van der Waals surface area (Å²) in [6.45, 7) is 2.51. The van der Waals surface area contributed by atoms with Gasteiger partial charge in [-0.1, -0.05) is 12.1 Å². The molecule has 0 radical (unpaired) electrons. The third-order valence-electron chi connectivity index (χ3n) is 5.23. The molecule has 1 aliphatic heterocycles. The van der Waals surface area contributed by atoms with Crippen molar-refractivity contribution in [3.05, 3.63) is 60.9 Å². The average Bonchev–Trinajstić information content (AvgIpc) is 3.49. The zero-order valence-corrected chi connectivity index (χ0v) is 16.4. The number of aromatic nitrogens is 4. The molecule has 5 rings (SSSR count). The van der Waals surface area contributed by atoms with E-state index in [4.69, 9.17) is 9.15 Å². The molecule has 30 heavy (non-hydrogen) atoms. The molecule has 152 valence electrons. The molecule has 4 heterocycles. The summed E-state index contributed by atoms with van der Waals surface area (Å²) in [4.78, 5) is 20.9. The number of ether oxygens (including phenoxy) is 1. The summed E-state index contributed by atoms with van der Waals surface area (Å²) < 4.78 is 12.9. The molecule has 4 aromatic rings. The SMILES string of the molecule is COc1cccc2cc(C(=O)N3CCN(c4ccc(-n5ccnc5)nn4)CC3)oc12. The van der Waals surface area contributed by atoms with Crippen molar-refractivity contribution in [2.75, 3.05) is 38.2 Å². The third-order valence-corrected chi connectivity index (χ3v) is 5.23. The van der Waals surface area contributed by atoms with Gasteiger partial charge in [0.15, 0.2) is 28.7 Å². The number of para-hydroxylation sites is 1. The number of piperazine rings is 1. The Morgan fingerprint density at radius 2 is 1.87 bits per heavy atom. The van der Waals surface area contributed by atoms with E-state index >= 15 is 0 Å². The number of methoxy groups -OCH3 is 1. The van der Waals surface area contributed by atoms with Crippen LogP contribution in [0.25, 0.3) is 16.8 Å². The molecule has 0 bridgehead atoms. The summed E-state index contributed by atoms with van der Waals surface area (Å²) >= 11 is 0. The Bertz CT molecular complexity index is 1160. The summed E-state index contributed by atoms with van der Waals surface area (Å²) in [5.41, 5.74) is 0.593. The first kappa shape index (κ1) is 18.2. The van der Waals surface area contributed by atoms with Crippen molar-refractivity contribution in [3.8, 4) is 11.6 Å². The zero-order valence-electron chi connectivity index (χ0n) is 16.4. The second kappa shape index (κ2) is 7.51. The van der Waals surface area contributed by atoms with Gasteiger partial charge in [-0.15, -0.1) is 10.2 Å². The molecule has 0 N–H and O–H groups in total. The highest BCUT2D eigenvalue weighted by atomic mass is 16.5. The van der Waals surface area contributed by atoms with Crippen molar-refractivity contribution >= 4 is 22.7 Å². The second-order valence-corrected chi connectivity index (χ2v) is 6.99. The molecule has 1 aliphatic rings. The molecule has 0 aliphatic carbocycles. The normalized spacial score (nSPS) is 14.3. The van der Waals surface area contributed by atoms with E-state index < -0.39 is 0 Å². The molecule has 1 amide bonds. The van der Waals surface area contributed by atoms with E-state index in [-0.39, 0.29) is 5.91 Å². The van der Waals surface area contributed by atoms with Gasteiger partial charge in [0, 0.05) is 44.0 Å². The van der Waals surface area contributed by atoms with Crippen LogP contribution in [0, 0.1) is 0 Å². The number of hydrogen-bond acceptors (Lipinski definition) is 7. The molecule has 3 aromatic heterocycles. The summed E-state index contributed by atoms with van der Waals surface area (Å²) in [6, 6.07) is 11.2. The highest BCUT2D eigenvalue weighted by molar-refractivity contribution is 5.97. The molecule has 1 fully saturated rings. The first-order chi connectivity index (χ1) is 14.7. The largest absolute Gasteiger partial charge is 0.493 e. The maximum atomic E-state index is 12.9. The van der Waals surface area contributed by atoms with Crippen molar-refractivity contribution in [3.63, 3.8) is 0 Å². The molecule has 0 unspecified atom stereocenters. The maximum Gasteiger partial charge on any atom is 0.289 e. The minimum Gasteiger partial charge on any atom is -0.493 e. The van der Waals surface area contributed by atoms with E-state index in [2.05, 4.69) is 20.1 Å². The minimum absolute atomic E-state index is 0.116. The number of nitrogens with zero attached hydrogens (tertiary/aromatic N) is 6. The Morgan fingerprint density at radius 1 is 1.07 bits per heavy atom. The van der Waals surface area contributed by atoms with E-state index in [1.165, 1.54) is 0 Å². The lowest BCUT2D eigenvalue weighted by atomic mass is 10.2. The fourth-order valence-electron chi connectivity index (χ4n) is 3.62. The number of amides is 1. The van der Waals surface area contributed by atoms with Crippen LogP contribution >= 0.6 is 0 Å². The van der Waals surface area contributed by atoms with Gasteiger partial charge in [-0.2, -0.15) is 0 Å². The molecule has 1 saturated heterocycles. The van der Waals surface area contributed by atoms with Crippen molar-refractivity contribution in [1.82, 2.24) is 24.6 Å². The third kappa shape index (κ3) is 3.24. The molecule has 0 spiro atoms. The van der Waals surface area contributed by atoms with Crippen molar-refractivity contribution in [2.24, 2.45) is 0 Å². The molecular weight excluding hydrogens is 384 g/mol. The Labute approximate surface area is 172 Å². The number of furan rings is 1. The van der Waals surface area contributed by atoms with E-state index in [0.717, 1.165) is 11.2 Å². The highest BCUT2D eigenvalue weighted by Crippen LogP contribution is 2.29. The maximum absolute atomic E-state index is 12.9. The van der Waals surface area contributed by atoms with E-state index in [1.54, 1.807) is 35.2 Å². The number of benzene rings is 1. The number of fused-ring (bicyclic) bond motifs is 1. The Morgan fingerprint density at radius 3 is 2.57 bits per heavy atom. The second-order valence-electron chi connectivity index (χ2n) is 6.99. The molecule has 9 heteroatoms. The van der Waals surface area contributed by atoms with Gasteiger partial charge in [-0.05, 0) is 24.3 Å². The van der Waals surface area contributed by atoms with Crippen molar-refractivity contribution in [2.45, 2.75) is 0 Å². The van der Waals surface area contributed by atoms with Crippen LogP contribution in [0.5, 0.6) is 5.75 Å². The molecular formula is C21H20N6O3. The number of hydrogen-bond donors (Lipinski definition) is 0. The van der Waals surface area contributed by atoms with E-state index in [0.29, 0.717) is 49.1 Å². The molecule has 0 atom stereocenters. The van der Waals surface area contributed by atoms with Gasteiger partial charge < -0.3 is 19.0 Å². The van der Waals surface area contributed by atoms with E-state index in [9.17, 15) is 4.79 Å². The number of rotatable bonds is 4. The predicted octanol–water partition coefficient (Wildman–Crippen LogP) is 2.38. The van der Waals surface area contributed by atoms with Crippen LogP contribution in [0.3, 0.4) is 0 Å². The molecule has 9 nitrogen and oxygen atoms in total. The lowest BCUT2D eigenvalue weighted by molar-refractivity contribution is 0.0716. The average molecular weight is 404 g/mol. The Hall–Kier alpha value is -3.88. The quantitative estimate of drug-likeness (QED) is 0.516. The summed E-state index contributed by atoms with van der Waals surface area (Å²) in [5, 5.41) is 9.44. The summed E-state index contributed by atoms with van der Waals surface area (Å²) in [6.07, 6.45) is 5.20. The standard InChI is InChI=1S/C21H20N6O3/c1-29-16-4-2-3-15-13-17(30-20(15)16)21(28)26-11-9-25(10-12-26)18-5-6-19(24-23-18)27-8-7-22-14-27/h2-8,13-14H,9-12H2,1H3. The predicted molar refractivity (Wildman–Crippen MR) is 110 cm³/mol. The Balaban J connectivity index is 1.26. The summed E-state index contributed by atoms with van der Waals surface area (Å²) in [5.74, 6) is 2.33. The van der Waals surface area contributed by atoms with Crippen molar-refractivity contribution < 1.29 is 13.9 Å². The van der Waals surface area contributed by atoms with Crippen LogP contribution in [0.15, 0.2) is 59.5 Å². The van der Waals surface area contributed by atoms with Gasteiger partial charge >= 0.3 is 0 Å². The van der Waals surface area contributed by atoms with Gasteiger partial charge in [0.2, 0.25) is 0 Å². The van der Waals surface area contributed by atoms with E-state index in [1.807, 2.05) is 36.5 Å². The van der Waals surface area contributed by atoms with Crippen molar-refractivity contribution in [1.29, 1.82) is 0 Å². The first-order valence-electron chi connectivity index (χ1n) is 9.66. The fourth-order valence-corrected chi connectivity index (χ4v) is 3.62. The topological polar surface area (TPSA) is 89.5 Å². The van der Waals surface area contributed by atoms with Crippen LogP contribution in [0.1, 0.15) is 10.6 Å². The smallest absolute Gasteiger partial charge is 0.289 e. The molecule has 1 aromatic carbocycles.